The van der Waals surface area contributed by atoms with Crippen LogP contribution in [0.5, 0.6) is 0 Å². The molecule has 0 radical (unpaired) electrons. The van der Waals surface area contributed by atoms with Crippen molar-refractivity contribution >= 4 is 57.3 Å². The summed E-state index contributed by atoms with van der Waals surface area (Å²) in [5.41, 5.74) is 1.85. The number of amidine groups is 2. The summed E-state index contributed by atoms with van der Waals surface area (Å²) in [6.07, 6.45) is 3.66. The Kier molecular flexibility index (Phi) is 5.67. The third-order valence-electron chi connectivity index (χ3n) is 5.63. The summed E-state index contributed by atoms with van der Waals surface area (Å²) in [6.45, 7) is 3.46. The number of benzene rings is 1. The van der Waals surface area contributed by atoms with E-state index < -0.39 is 5.91 Å². The van der Waals surface area contributed by atoms with Crippen molar-refractivity contribution in [2.24, 2.45) is 10.1 Å². The highest BCUT2D eigenvalue weighted by Gasteiger charge is 2.36. The Bertz CT molecular complexity index is 1270. The van der Waals surface area contributed by atoms with Crippen LogP contribution in [-0.2, 0) is 9.59 Å². The second-order valence-corrected chi connectivity index (χ2v) is 9.39. The first-order valence-electron chi connectivity index (χ1n) is 10.5. The first-order chi connectivity index (χ1) is 15.9. The van der Waals surface area contributed by atoms with Gasteiger partial charge in [-0.1, -0.05) is 23.7 Å². The van der Waals surface area contributed by atoms with Crippen molar-refractivity contribution in [3.8, 4) is 11.3 Å². The number of rotatable bonds is 4. The molecule has 3 aliphatic heterocycles. The van der Waals surface area contributed by atoms with Crippen LogP contribution in [-0.4, -0.2) is 50.9 Å². The van der Waals surface area contributed by atoms with Crippen LogP contribution in [0.2, 0.25) is 5.02 Å². The number of aryl methyl sites for hydroxylation is 1. The van der Waals surface area contributed by atoms with Gasteiger partial charge in [0.05, 0.1) is 12.0 Å². The van der Waals surface area contributed by atoms with Crippen LogP contribution in [0.3, 0.4) is 0 Å². The van der Waals surface area contributed by atoms with Gasteiger partial charge in [0.2, 0.25) is 11.1 Å². The van der Waals surface area contributed by atoms with E-state index in [0.717, 1.165) is 48.8 Å². The Hall–Kier alpha value is -3.17. The van der Waals surface area contributed by atoms with Gasteiger partial charge >= 0.3 is 0 Å². The number of amides is 2. The van der Waals surface area contributed by atoms with Crippen molar-refractivity contribution in [3.05, 3.63) is 52.3 Å². The highest BCUT2D eigenvalue weighted by molar-refractivity contribution is 8.27. The van der Waals surface area contributed by atoms with Gasteiger partial charge in [-0.15, -0.1) is 0 Å². The summed E-state index contributed by atoms with van der Waals surface area (Å²) in [7, 11) is 0. The summed E-state index contributed by atoms with van der Waals surface area (Å²) in [6, 6.07) is 9.13. The third kappa shape index (κ3) is 4.26. The fourth-order valence-electron chi connectivity index (χ4n) is 3.78. The minimum absolute atomic E-state index is 0.00661. The van der Waals surface area contributed by atoms with Gasteiger partial charge in [-0.25, -0.2) is 0 Å². The smallest absolute Gasteiger partial charge is 0.283 e. The highest BCUT2D eigenvalue weighted by Crippen LogP contribution is 2.31. The van der Waals surface area contributed by atoms with Crippen LogP contribution in [0, 0.1) is 12.3 Å². The molecule has 10 heteroatoms. The number of fused-ring (bicyclic) bond motifs is 1. The zero-order valence-corrected chi connectivity index (χ0v) is 19.4. The molecule has 1 saturated heterocycles. The Morgan fingerprint density at radius 3 is 2.82 bits per heavy atom. The van der Waals surface area contributed by atoms with Crippen molar-refractivity contribution in [3.63, 3.8) is 0 Å². The number of nitrogens with zero attached hydrogens (tertiary/aromatic N) is 4. The van der Waals surface area contributed by atoms with Gasteiger partial charge < -0.3 is 9.32 Å². The number of aliphatic imine (C=N–C) groups is 1. The lowest BCUT2D eigenvalue weighted by atomic mass is 10.1. The van der Waals surface area contributed by atoms with Gasteiger partial charge in [0, 0.05) is 23.7 Å². The van der Waals surface area contributed by atoms with Crippen LogP contribution in [0.1, 0.15) is 30.6 Å². The number of hydrogen-bond donors (Lipinski definition) is 1. The molecule has 4 heterocycles. The van der Waals surface area contributed by atoms with Gasteiger partial charge in [0.25, 0.3) is 5.91 Å². The molecule has 1 N–H and O–H groups in total. The number of hydrogen-bond acceptors (Lipinski definition) is 6. The zero-order valence-electron chi connectivity index (χ0n) is 17.8. The lowest BCUT2D eigenvalue weighted by molar-refractivity contribution is -0.128. The van der Waals surface area contributed by atoms with Crippen LogP contribution in [0.15, 0.2) is 50.4 Å². The van der Waals surface area contributed by atoms with Gasteiger partial charge in [0.1, 0.15) is 16.6 Å². The molecule has 2 aromatic rings. The molecule has 0 aliphatic carbocycles. The molecule has 5 rings (SSSR count). The minimum Gasteiger partial charge on any atom is -0.457 e. The highest BCUT2D eigenvalue weighted by atomic mass is 35.5. The molecule has 168 valence electrons. The molecule has 8 nitrogen and oxygen atoms in total. The molecule has 3 aliphatic rings. The maximum atomic E-state index is 12.6. The molecule has 0 unspecified atom stereocenters. The van der Waals surface area contributed by atoms with Crippen LogP contribution < -0.4 is 0 Å². The summed E-state index contributed by atoms with van der Waals surface area (Å²) >= 11 is 7.37. The monoisotopic (exact) mass is 481 g/mol. The molecular weight excluding hydrogens is 462 g/mol. The third-order valence-corrected chi connectivity index (χ3v) is 6.94. The molecule has 1 aromatic carbocycles. The maximum Gasteiger partial charge on any atom is 0.283 e. The lowest BCUT2D eigenvalue weighted by Gasteiger charge is -2.19. The van der Waals surface area contributed by atoms with Gasteiger partial charge in [-0.05, 0) is 61.4 Å². The van der Waals surface area contributed by atoms with Crippen molar-refractivity contribution in [2.75, 3.05) is 13.1 Å². The number of thioether (sulfide) groups is 1. The normalized spacial score (nSPS) is 19.3. The average Bonchev–Trinajstić information content (AvgIpc) is 3.54. The van der Waals surface area contributed by atoms with E-state index in [1.807, 2.05) is 30.0 Å². The van der Waals surface area contributed by atoms with E-state index in [1.165, 1.54) is 11.1 Å². The molecule has 33 heavy (non-hydrogen) atoms. The van der Waals surface area contributed by atoms with E-state index in [4.69, 9.17) is 21.4 Å². The van der Waals surface area contributed by atoms with Crippen molar-refractivity contribution < 1.29 is 14.0 Å². The van der Waals surface area contributed by atoms with Crippen molar-refractivity contribution in [1.29, 1.82) is 5.41 Å². The van der Waals surface area contributed by atoms with E-state index in [-0.39, 0.29) is 23.7 Å². The second kappa shape index (κ2) is 8.64. The average molecular weight is 482 g/mol. The van der Waals surface area contributed by atoms with Crippen LogP contribution >= 0.6 is 23.4 Å². The number of hydrazone groups is 1. The number of likely N-dealkylation sites (tertiary alicyclic amines) is 1. The predicted molar refractivity (Wildman–Crippen MR) is 129 cm³/mol. The molecule has 1 aromatic heterocycles. The minimum atomic E-state index is -0.544. The number of carbonyl (C=O) groups excluding carboxylic acids is 2. The molecule has 0 bridgehead atoms. The van der Waals surface area contributed by atoms with E-state index in [9.17, 15) is 9.59 Å². The summed E-state index contributed by atoms with van der Waals surface area (Å²) in [5, 5.41) is 15.6. The Labute approximate surface area is 199 Å². The van der Waals surface area contributed by atoms with E-state index >= 15 is 0 Å². The molecule has 0 saturated carbocycles. The number of nitrogens with one attached hydrogen (secondary N) is 1. The van der Waals surface area contributed by atoms with E-state index in [1.54, 1.807) is 12.1 Å². The predicted octanol–water partition coefficient (Wildman–Crippen LogP) is 4.54. The molecule has 2 amide bonds. The van der Waals surface area contributed by atoms with Crippen molar-refractivity contribution in [2.45, 2.75) is 26.2 Å². The topological polar surface area (TPSA) is 102 Å². The van der Waals surface area contributed by atoms with E-state index in [0.29, 0.717) is 26.8 Å². The Morgan fingerprint density at radius 1 is 1.27 bits per heavy atom. The Balaban J connectivity index is 1.35. The molecule has 0 spiro atoms. The second-order valence-electron chi connectivity index (χ2n) is 7.94. The van der Waals surface area contributed by atoms with Gasteiger partial charge in [-0.3, -0.25) is 15.0 Å². The van der Waals surface area contributed by atoms with Crippen molar-refractivity contribution in [1.82, 2.24) is 9.91 Å². The fraction of sp³-hybridized carbons (Fsp3) is 0.261. The van der Waals surface area contributed by atoms with Crippen LogP contribution in [0.4, 0.5) is 0 Å². The fourth-order valence-corrected chi connectivity index (χ4v) is 4.84. The first kappa shape index (κ1) is 21.7. The number of furan rings is 1. The van der Waals surface area contributed by atoms with Crippen LogP contribution in [0.25, 0.3) is 17.4 Å². The number of halogens is 1. The maximum absolute atomic E-state index is 12.6. The molecule has 1 fully saturated rings. The van der Waals surface area contributed by atoms with Gasteiger partial charge in [0.15, 0.2) is 5.84 Å². The largest absolute Gasteiger partial charge is 0.457 e. The lowest BCUT2D eigenvalue weighted by Crippen LogP contribution is -2.35. The SMILES string of the molecule is Cc1ccc(-c2ccc(/C=C3/C(=N)N4N=C(CC(=O)N5CCCC5)SC4=NC3=O)o2)cc1Cl. The summed E-state index contributed by atoms with van der Waals surface area (Å²) in [4.78, 5) is 31.0. The first-order valence-corrected chi connectivity index (χ1v) is 11.7. The standard InChI is InChI=1S/C23H20ClN5O3S/c1-13-4-5-14(10-17(13)24)18-7-6-15(32-18)11-16-21(25)29-23(26-22(16)31)33-19(27-29)12-20(30)28-8-2-3-9-28/h4-7,10-11,25H,2-3,8-9,12H2,1H3/b16-11-,25-21?. The zero-order chi connectivity index (χ0) is 23.1. The van der Waals surface area contributed by atoms with Gasteiger partial charge in [-0.2, -0.15) is 15.1 Å². The molecule has 0 atom stereocenters. The van der Waals surface area contributed by atoms with E-state index in [2.05, 4.69) is 10.1 Å². The Morgan fingerprint density at radius 2 is 2.06 bits per heavy atom. The number of carbonyl (C=O) groups is 2. The quantitative estimate of drug-likeness (QED) is 0.646. The summed E-state index contributed by atoms with van der Waals surface area (Å²) in [5.74, 6) is 0.371. The summed E-state index contributed by atoms with van der Waals surface area (Å²) < 4.78 is 5.86. The molecular formula is C23H20ClN5O3S.